The maximum Gasteiger partial charge on any atom is 0.137 e. The van der Waals surface area contributed by atoms with E-state index in [1.54, 1.807) is 6.07 Å². The van der Waals surface area contributed by atoms with E-state index < -0.39 is 0 Å². The molecule has 0 radical (unpaired) electrons. The number of aromatic nitrogens is 1. The van der Waals surface area contributed by atoms with E-state index in [-0.39, 0.29) is 5.82 Å². The first kappa shape index (κ1) is 14.0. The van der Waals surface area contributed by atoms with Crippen LogP contribution >= 0.6 is 15.9 Å². The molecule has 0 spiro atoms. The molecular weight excluding hydrogens is 331 g/mol. The van der Waals surface area contributed by atoms with Crippen LogP contribution in [0, 0.1) is 12.7 Å². The Kier molecular flexibility index (Phi) is 3.88. The van der Waals surface area contributed by atoms with Crippen LogP contribution in [-0.2, 0) is 6.54 Å². The normalized spacial score (nSPS) is 10.8. The molecule has 0 amide bonds. The highest BCUT2D eigenvalue weighted by atomic mass is 79.9. The summed E-state index contributed by atoms with van der Waals surface area (Å²) in [4.78, 5) is 4.27. The number of fused-ring (bicyclic) bond motifs is 1. The van der Waals surface area contributed by atoms with Crippen molar-refractivity contribution < 1.29 is 4.39 Å². The summed E-state index contributed by atoms with van der Waals surface area (Å²) >= 11 is 3.22. The summed E-state index contributed by atoms with van der Waals surface area (Å²) < 4.78 is 13.9. The van der Waals surface area contributed by atoms with Crippen molar-refractivity contribution in [3.8, 4) is 0 Å². The molecule has 0 saturated carbocycles. The minimum Gasteiger partial charge on any atom is -0.381 e. The first-order valence-electron chi connectivity index (χ1n) is 6.66. The highest BCUT2D eigenvalue weighted by Crippen LogP contribution is 2.25. The number of rotatable bonds is 3. The molecular formula is C17H14BrFN2. The van der Waals surface area contributed by atoms with Crippen LogP contribution in [0.4, 0.5) is 10.1 Å². The number of nitrogens with zero attached hydrogens (tertiary/aromatic N) is 1. The Balaban J connectivity index is 1.89. The Morgan fingerprint density at radius 2 is 2.00 bits per heavy atom. The maximum atomic E-state index is 13.4. The summed E-state index contributed by atoms with van der Waals surface area (Å²) in [5.41, 5.74) is 2.91. The van der Waals surface area contributed by atoms with Gasteiger partial charge in [0.05, 0.1) is 4.47 Å². The molecule has 106 valence electrons. The van der Waals surface area contributed by atoms with Crippen LogP contribution in [0.5, 0.6) is 0 Å². The van der Waals surface area contributed by atoms with Crippen LogP contribution in [0.25, 0.3) is 10.8 Å². The van der Waals surface area contributed by atoms with Crippen molar-refractivity contribution in [2.45, 2.75) is 13.5 Å². The van der Waals surface area contributed by atoms with Gasteiger partial charge in [-0.3, -0.25) is 4.98 Å². The van der Waals surface area contributed by atoms with Crippen molar-refractivity contribution in [3.05, 3.63) is 70.2 Å². The molecule has 0 fully saturated rings. The van der Waals surface area contributed by atoms with Crippen molar-refractivity contribution in [1.82, 2.24) is 4.98 Å². The first-order valence-corrected chi connectivity index (χ1v) is 7.45. The summed E-state index contributed by atoms with van der Waals surface area (Å²) in [6, 6.07) is 11.4. The predicted octanol–water partition coefficient (Wildman–Crippen LogP) is 5.06. The molecule has 0 aliphatic heterocycles. The van der Waals surface area contributed by atoms with Crippen LogP contribution in [0.15, 0.2) is 53.3 Å². The van der Waals surface area contributed by atoms with Gasteiger partial charge >= 0.3 is 0 Å². The van der Waals surface area contributed by atoms with Gasteiger partial charge in [0.25, 0.3) is 0 Å². The van der Waals surface area contributed by atoms with Gasteiger partial charge in [-0.25, -0.2) is 4.39 Å². The quantitative estimate of drug-likeness (QED) is 0.718. The van der Waals surface area contributed by atoms with Gasteiger partial charge in [-0.1, -0.05) is 24.3 Å². The Labute approximate surface area is 131 Å². The lowest BCUT2D eigenvalue weighted by molar-refractivity contribution is 0.620. The predicted molar refractivity (Wildman–Crippen MR) is 87.9 cm³/mol. The topological polar surface area (TPSA) is 24.9 Å². The molecule has 1 aromatic heterocycles. The summed E-state index contributed by atoms with van der Waals surface area (Å²) in [6.45, 7) is 2.53. The minimum atomic E-state index is -0.245. The van der Waals surface area contributed by atoms with Gasteiger partial charge in [0.2, 0.25) is 0 Å². The van der Waals surface area contributed by atoms with Crippen LogP contribution < -0.4 is 5.32 Å². The Hall–Kier alpha value is -1.94. The molecule has 0 bridgehead atoms. The second-order valence-corrected chi connectivity index (χ2v) is 5.81. The fourth-order valence-corrected chi connectivity index (χ4v) is 2.69. The van der Waals surface area contributed by atoms with E-state index in [0.29, 0.717) is 11.0 Å². The lowest BCUT2D eigenvalue weighted by atomic mass is 10.1. The number of anilines is 1. The number of halogens is 2. The molecule has 2 aromatic carbocycles. The molecule has 3 rings (SSSR count). The van der Waals surface area contributed by atoms with Crippen molar-refractivity contribution in [1.29, 1.82) is 0 Å². The van der Waals surface area contributed by atoms with E-state index >= 15 is 0 Å². The van der Waals surface area contributed by atoms with E-state index in [4.69, 9.17) is 0 Å². The number of nitrogens with one attached hydrogen (secondary N) is 1. The highest BCUT2D eigenvalue weighted by molar-refractivity contribution is 9.10. The monoisotopic (exact) mass is 344 g/mol. The second kappa shape index (κ2) is 5.82. The van der Waals surface area contributed by atoms with Crippen molar-refractivity contribution >= 4 is 32.4 Å². The Bertz CT molecular complexity index is 797. The zero-order chi connectivity index (χ0) is 14.8. The molecule has 0 aliphatic rings. The number of hydrogen-bond donors (Lipinski definition) is 1. The number of benzene rings is 2. The fraction of sp³-hybridized carbons (Fsp3) is 0.118. The molecule has 0 unspecified atom stereocenters. The number of hydrogen-bond acceptors (Lipinski definition) is 2. The third kappa shape index (κ3) is 2.90. The average molecular weight is 345 g/mol. The molecule has 21 heavy (non-hydrogen) atoms. The van der Waals surface area contributed by atoms with E-state index in [1.807, 2.05) is 37.5 Å². The third-order valence-electron chi connectivity index (χ3n) is 3.49. The van der Waals surface area contributed by atoms with Crippen LogP contribution in [0.1, 0.15) is 11.1 Å². The summed E-state index contributed by atoms with van der Waals surface area (Å²) in [5.74, 6) is -0.245. The van der Waals surface area contributed by atoms with Gasteiger partial charge in [0, 0.05) is 30.0 Å². The first-order chi connectivity index (χ1) is 10.1. The summed E-state index contributed by atoms with van der Waals surface area (Å²) in [7, 11) is 0. The SMILES string of the molecule is Cc1cc(F)c(Br)cc1NCc1cncc2ccccc12. The lowest BCUT2D eigenvalue weighted by Crippen LogP contribution is -2.03. The van der Waals surface area contributed by atoms with Gasteiger partial charge < -0.3 is 5.32 Å². The van der Waals surface area contributed by atoms with Crippen molar-refractivity contribution in [2.24, 2.45) is 0 Å². The summed E-state index contributed by atoms with van der Waals surface area (Å²) in [5, 5.41) is 5.65. The molecule has 1 heterocycles. The fourth-order valence-electron chi connectivity index (χ4n) is 2.35. The van der Waals surface area contributed by atoms with E-state index in [2.05, 4.69) is 32.3 Å². The number of aryl methyl sites for hydroxylation is 1. The molecule has 0 aliphatic carbocycles. The molecule has 1 N–H and O–H groups in total. The second-order valence-electron chi connectivity index (χ2n) is 4.95. The van der Waals surface area contributed by atoms with Gasteiger partial charge in [0.1, 0.15) is 5.82 Å². The minimum absolute atomic E-state index is 0.245. The smallest absolute Gasteiger partial charge is 0.137 e. The van der Waals surface area contributed by atoms with Gasteiger partial charge in [0.15, 0.2) is 0 Å². The van der Waals surface area contributed by atoms with E-state index in [9.17, 15) is 4.39 Å². The largest absolute Gasteiger partial charge is 0.381 e. The van der Waals surface area contributed by atoms with E-state index in [0.717, 1.165) is 22.2 Å². The third-order valence-corrected chi connectivity index (χ3v) is 4.10. The van der Waals surface area contributed by atoms with E-state index in [1.165, 1.54) is 11.5 Å². The van der Waals surface area contributed by atoms with Gasteiger partial charge in [-0.15, -0.1) is 0 Å². The average Bonchev–Trinajstić information content (AvgIpc) is 2.49. The van der Waals surface area contributed by atoms with Gasteiger partial charge in [-0.05, 0) is 51.5 Å². The van der Waals surface area contributed by atoms with Crippen LogP contribution in [0.3, 0.4) is 0 Å². The number of pyridine rings is 1. The van der Waals surface area contributed by atoms with Gasteiger partial charge in [-0.2, -0.15) is 0 Å². The van der Waals surface area contributed by atoms with Crippen LogP contribution in [0.2, 0.25) is 0 Å². The van der Waals surface area contributed by atoms with Crippen LogP contribution in [-0.4, -0.2) is 4.98 Å². The zero-order valence-corrected chi connectivity index (χ0v) is 13.1. The molecule has 0 saturated heterocycles. The van der Waals surface area contributed by atoms with Crippen molar-refractivity contribution in [2.75, 3.05) is 5.32 Å². The molecule has 2 nitrogen and oxygen atoms in total. The highest BCUT2D eigenvalue weighted by Gasteiger charge is 2.06. The zero-order valence-electron chi connectivity index (χ0n) is 11.5. The summed E-state index contributed by atoms with van der Waals surface area (Å²) in [6.07, 6.45) is 3.72. The lowest BCUT2D eigenvalue weighted by Gasteiger charge is -2.12. The Morgan fingerprint density at radius 1 is 1.19 bits per heavy atom. The van der Waals surface area contributed by atoms with Crippen molar-refractivity contribution in [3.63, 3.8) is 0 Å². The maximum absolute atomic E-state index is 13.4. The molecule has 0 atom stereocenters. The standard InChI is InChI=1S/C17H14BrFN2/c1-11-6-16(19)15(18)7-17(11)21-10-13-9-20-8-12-4-2-3-5-14(12)13/h2-9,21H,10H2,1H3. The molecule has 4 heteroatoms. The Morgan fingerprint density at radius 3 is 2.86 bits per heavy atom. The molecule has 3 aromatic rings.